The Balaban J connectivity index is 1.94. The lowest BCUT2D eigenvalue weighted by Gasteiger charge is -2.26. The summed E-state index contributed by atoms with van der Waals surface area (Å²) in [6.07, 6.45) is -0.0222. The zero-order valence-corrected chi connectivity index (χ0v) is 23.3. The second-order valence-corrected chi connectivity index (χ2v) is 10.5. The van der Waals surface area contributed by atoms with Gasteiger partial charge in [-0.3, -0.25) is 14.5 Å². The van der Waals surface area contributed by atoms with Crippen LogP contribution in [-0.4, -0.2) is 30.0 Å². The molecule has 1 heterocycles. The Kier molecular flexibility index (Phi) is 8.05. The van der Waals surface area contributed by atoms with E-state index >= 15 is 0 Å². The third-order valence-electron chi connectivity index (χ3n) is 6.32. The van der Waals surface area contributed by atoms with Crippen molar-refractivity contribution in [3.63, 3.8) is 0 Å². The van der Waals surface area contributed by atoms with Gasteiger partial charge in [0.05, 0.1) is 35.4 Å². The van der Waals surface area contributed by atoms with E-state index in [4.69, 9.17) is 32.7 Å². The SMILES string of the molecule is COc1c(Cl)cc(Cl)cc1/C(O)=C1\C(=O)C(=O)N(c2ccc(C(C)C)cc2)C1c1ccc(OC(C)C)cc1. The fourth-order valence-corrected chi connectivity index (χ4v) is 5.09. The van der Waals surface area contributed by atoms with Crippen LogP contribution in [0.2, 0.25) is 10.0 Å². The van der Waals surface area contributed by atoms with Crippen LogP contribution in [0.4, 0.5) is 5.69 Å². The Labute approximate surface area is 232 Å². The predicted octanol–water partition coefficient (Wildman–Crippen LogP) is 7.54. The van der Waals surface area contributed by atoms with E-state index in [9.17, 15) is 14.7 Å². The highest BCUT2D eigenvalue weighted by Gasteiger charge is 2.47. The number of benzene rings is 3. The van der Waals surface area contributed by atoms with Crippen molar-refractivity contribution in [2.45, 2.75) is 45.8 Å². The van der Waals surface area contributed by atoms with Crippen molar-refractivity contribution in [2.24, 2.45) is 0 Å². The minimum atomic E-state index is -0.921. The molecule has 8 heteroatoms. The predicted molar refractivity (Wildman–Crippen MR) is 151 cm³/mol. The highest BCUT2D eigenvalue weighted by Crippen LogP contribution is 2.45. The zero-order valence-electron chi connectivity index (χ0n) is 21.8. The molecular formula is C30H29Cl2NO5. The molecule has 3 aromatic carbocycles. The molecular weight excluding hydrogens is 525 g/mol. The Hall–Kier alpha value is -3.48. The summed E-state index contributed by atoms with van der Waals surface area (Å²) in [5.41, 5.74) is 2.25. The van der Waals surface area contributed by atoms with Gasteiger partial charge in [-0.1, -0.05) is 61.3 Å². The molecule has 0 aromatic heterocycles. The largest absolute Gasteiger partial charge is 0.507 e. The molecule has 1 fully saturated rings. The number of carbonyl (C=O) groups excluding carboxylic acids is 2. The van der Waals surface area contributed by atoms with Crippen molar-refractivity contribution in [1.82, 2.24) is 0 Å². The fourth-order valence-electron chi connectivity index (χ4n) is 4.52. The number of carbonyl (C=O) groups is 2. The Morgan fingerprint density at radius 2 is 1.58 bits per heavy atom. The van der Waals surface area contributed by atoms with Gasteiger partial charge in [-0.25, -0.2) is 0 Å². The lowest BCUT2D eigenvalue weighted by Crippen LogP contribution is -2.29. The number of anilines is 1. The molecule has 1 aliphatic heterocycles. The first-order valence-electron chi connectivity index (χ1n) is 12.2. The first-order valence-corrected chi connectivity index (χ1v) is 13.0. The minimum absolute atomic E-state index is 0.0222. The van der Waals surface area contributed by atoms with E-state index in [2.05, 4.69) is 13.8 Å². The van der Waals surface area contributed by atoms with Crippen LogP contribution in [-0.2, 0) is 9.59 Å². The van der Waals surface area contributed by atoms with Crippen molar-refractivity contribution >= 4 is 46.3 Å². The molecule has 0 saturated carbocycles. The van der Waals surface area contributed by atoms with Crippen molar-refractivity contribution in [1.29, 1.82) is 0 Å². The number of hydrogen-bond donors (Lipinski definition) is 1. The van der Waals surface area contributed by atoms with Crippen molar-refractivity contribution in [2.75, 3.05) is 12.0 Å². The molecule has 4 rings (SSSR count). The van der Waals surface area contributed by atoms with Gasteiger partial charge in [0.1, 0.15) is 17.3 Å². The van der Waals surface area contributed by atoms with E-state index < -0.39 is 23.5 Å². The molecule has 1 N–H and O–H groups in total. The van der Waals surface area contributed by atoms with Crippen LogP contribution in [0.5, 0.6) is 11.5 Å². The van der Waals surface area contributed by atoms with Crippen LogP contribution in [0.25, 0.3) is 5.76 Å². The molecule has 0 bridgehead atoms. The summed E-state index contributed by atoms with van der Waals surface area (Å²) in [6.45, 7) is 8.00. The van der Waals surface area contributed by atoms with Gasteiger partial charge < -0.3 is 14.6 Å². The minimum Gasteiger partial charge on any atom is -0.507 e. The zero-order chi connectivity index (χ0) is 27.7. The summed E-state index contributed by atoms with van der Waals surface area (Å²) in [6, 6.07) is 16.6. The van der Waals surface area contributed by atoms with E-state index in [1.807, 2.05) is 26.0 Å². The van der Waals surface area contributed by atoms with E-state index in [1.165, 1.54) is 24.1 Å². The summed E-state index contributed by atoms with van der Waals surface area (Å²) in [7, 11) is 1.39. The molecule has 1 amide bonds. The maximum atomic E-state index is 13.5. The van der Waals surface area contributed by atoms with Crippen LogP contribution in [0.1, 0.15) is 56.3 Å². The van der Waals surface area contributed by atoms with Gasteiger partial charge in [0.15, 0.2) is 0 Å². The topological polar surface area (TPSA) is 76.1 Å². The van der Waals surface area contributed by atoms with Crippen molar-refractivity contribution < 1.29 is 24.2 Å². The number of methoxy groups -OCH3 is 1. The fraction of sp³-hybridized carbons (Fsp3) is 0.267. The highest BCUT2D eigenvalue weighted by atomic mass is 35.5. The standard InChI is InChI=1S/C30H29Cl2NO5/c1-16(2)18-6-10-21(11-7-18)33-26(19-8-12-22(13-9-19)38-17(3)4)25(28(35)30(33)36)27(34)23-14-20(31)15-24(32)29(23)37-5/h6-17,26,34H,1-5H3/b27-25+. The van der Waals surface area contributed by atoms with Crippen LogP contribution < -0.4 is 14.4 Å². The number of aliphatic hydroxyl groups is 1. The molecule has 0 aliphatic carbocycles. The number of rotatable bonds is 7. The first-order chi connectivity index (χ1) is 18.0. The van der Waals surface area contributed by atoms with Gasteiger partial charge in [0.2, 0.25) is 0 Å². The molecule has 0 radical (unpaired) electrons. The molecule has 38 heavy (non-hydrogen) atoms. The number of ketones is 1. The normalized spacial score (nSPS) is 17.0. The summed E-state index contributed by atoms with van der Waals surface area (Å²) in [5, 5.41) is 11.9. The van der Waals surface area contributed by atoms with E-state index in [1.54, 1.807) is 36.4 Å². The monoisotopic (exact) mass is 553 g/mol. The lowest BCUT2D eigenvalue weighted by atomic mass is 9.94. The smallest absolute Gasteiger partial charge is 0.300 e. The molecule has 1 atom stereocenters. The summed E-state index contributed by atoms with van der Waals surface area (Å²) < 4.78 is 11.2. The molecule has 1 unspecified atom stereocenters. The first kappa shape index (κ1) is 27.6. The molecule has 1 aliphatic rings. The molecule has 1 saturated heterocycles. The third-order valence-corrected chi connectivity index (χ3v) is 6.82. The van der Waals surface area contributed by atoms with Crippen LogP contribution in [0, 0.1) is 0 Å². The van der Waals surface area contributed by atoms with E-state index in [0.29, 0.717) is 22.9 Å². The number of hydrogen-bond acceptors (Lipinski definition) is 5. The van der Waals surface area contributed by atoms with E-state index in [0.717, 1.165) is 5.56 Å². The quantitative estimate of drug-likeness (QED) is 0.186. The summed E-state index contributed by atoms with van der Waals surface area (Å²) in [5.74, 6) is -0.947. The summed E-state index contributed by atoms with van der Waals surface area (Å²) >= 11 is 12.5. The number of halogens is 2. The van der Waals surface area contributed by atoms with Gasteiger partial charge in [-0.2, -0.15) is 0 Å². The number of nitrogens with zero attached hydrogens (tertiary/aromatic N) is 1. The number of ether oxygens (including phenoxy) is 2. The van der Waals surface area contributed by atoms with Gasteiger partial charge in [0.25, 0.3) is 11.7 Å². The van der Waals surface area contributed by atoms with Gasteiger partial charge in [-0.15, -0.1) is 0 Å². The van der Waals surface area contributed by atoms with Crippen LogP contribution in [0.15, 0.2) is 66.2 Å². The van der Waals surface area contributed by atoms with E-state index in [-0.39, 0.29) is 33.0 Å². The van der Waals surface area contributed by atoms with Crippen LogP contribution >= 0.6 is 23.2 Å². The molecule has 6 nitrogen and oxygen atoms in total. The Morgan fingerprint density at radius 3 is 2.13 bits per heavy atom. The second-order valence-electron chi connectivity index (χ2n) is 9.62. The molecule has 198 valence electrons. The third kappa shape index (κ3) is 5.24. The average molecular weight is 554 g/mol. The molecule has 3 aromatic rings. The lowest BCUT2D eigenvalue weighted by molar-refractivity contribution is -0.132. The average Bonchev–Trinajstić information content (AvgIpc) is 3.13. The van der Waals surface area contributed by atoms with Gasteiger partial charge in [0, 0.05) is 10.7 Å². The number of amides is 1. The summed E-state index contributed by atoms with van der Waals surface area (Å²) in [4.78, 5) is 28.4. The number of Topliss-reactive ketones (excluding diaryl/α,β-unsaturated/α-hetero) is 1. The van der Waals surface area contributed by atoms with Gasteiger partial charge >= 0.3 is 0 Å². The second kappa shape index (κ2) is 11.1. The Bertz CT molecular complexity index is 1400. The maximum Gasteiger partial charge on any atom is 0.300 e. The van der Waals surface area contributed by atoms with Crippen molar-refractivity contribution in [3.8, 4) is 11.5 Å². The maximum absolute atomic E-state index is 13.5. The van der Waals surface area contributed by atoms with Crippen LogP contribution in [0.3, 0.4) is 0 Å². The van der Waals surface area contributed by atoms with Gasteiger partial charge in [-0.05, 0) is 67.3 Å². The highest BCUT2D eigenvalue weighted by molar-refractivity contribution is 6.52. The van der Waals surface area contributed by atoms with Crippen molar-refractivity contribution in [3.05, 3.63) is 93.0 Å². The molecule has 0 spiro atoms. The number of aliphatic hydroxyl groups excluding tert-OH is 1. The Morgan fingerprint density at radius 1 is 0.947 bits per heavy atom.